The van der Waals surface area contributed by atoms with E-state index in [2.05, 4.69) is 15.2 Å². The van der Waals surface area contributed by atoms with E-state index in [4.69, 9.17) is 16.3 Å². The lowest BCUT2D eigenvalue weighted by Gasteiger charge is -2.30. The zero-order chi connectivity index (χ0) is 28.8. The number of aryl methyl sites for hydroxylation is 1. The molecular weight excluding hydrogens is 545 g/mol. The van der Waals surface area contributed by atoms with E-state index < -0.39 is 5.91 Å². The Bertz CT molecular complexity index is 1500. The summed E-state index contributed by atoms with van der Waals surface area (Å²) in [5, 5.41) is 3.38. The van der Waals surface area contributed by atoms with E-state index in [1.54, 1.807) is 54.1 Å². The molecule has 0 aliphatic carbocycles. The first-order valence-electron chi connectivity index (χ1n) is 13.4. The van der Waals surface area contributed by atoms with E-state index in [1.807, 2.05) is 30.3 Å². The molecule has 4 aromatic rings. The molecule has 0 radical (unpaired) electrons. The molecule has 0 atom stereocenters. The van der Waals surface area contributed by atoms with Crippen LogP contribution in [0.5, 0.6) is 0 Å². The van der Waals surface area contributed by atoms with Gasteiger partial charge < -0.3 is 9.64 Å². The number of ether oxygens (including phenoxy) is 1. The number of halogens is 2. The maximum Gasteiger partial charge on any atom is 0.254 e. The van der Waals surface area contributed by atoms with Crippen LogP contribution in [-0.4, -0.2) is 77.1 Å². The number of hydrogen-bond donors (Lipinski definition) is 1. The zero-order valence-corrected chi connectivity index (χ0v) is 23.5. The Morgan fingerprint density at radius 2 is 1.78 bits per heavy atom. The zero-order valence-electron chi connectivity index (χ0n) is 22.7. The fraction of sp³-hybridized carbons (Fsp3) is 0.258. The summed E-state index contributed by atoms with van der Waals surface area (Å²) in [7, 11) is 0. The Labute approximate surface area is 243 Å². The van der Waals surface area contributed by atoms with Gasteiger partial charge >= 0.3 is 0 Å². The molecule has 1 aliphatic heterocycles. The number of morpholine rings is 1. The number of nitrogens with one attached hydrogen (secondary N) is 1. The normalized spacial score (nSPS) is 13.6. The highest BCUT2D eigenvalue weighted by Crippen LogP contribution is 2.25. The highest BCUT2D eigenvalue weighted by atomic mass is 35.5. The molecule has 1 saturated heterocycles. The first kappa shape index (κ1) is 28.5. The molecule has 8 nitrogen and oxygen atoms in total. The number of hydrogen-bond acceptors (Lipinski definition) is 5. The minimum absolute atomic E-state index is 0.193. The summed E-state index contributed by atoms with van der Waals surface area (Å²) in [4.78, 5) is 35.3. The maximum atomic E-state index is 14.5. The van der Waals surface area contributed by atoms with E-state index in [0.29, 0.717) is 53.8 Å². The predicted octanol–water partition coefficient (Wildman–Crippen LogP) is 5.05. The summed E-state index contributed by atoms with van der Waals surface area (Å²) in [5.41, 5.74) is 2.92. The van der Waals surface area contributed by atoms with E-state index in [9.17, 15) is 14.0 Å². The number of aromatic nitrogens is 2. The second-order valence-corrected chi connectivity index (χ2v) is 10.3. The van der Waals surface area contributed by atoms with Crippen molar-refractivity contribution < 1.29 is 18.7 Å². The number of anilines is 1. The molecular formula is C31H31ClFN5O3. The van der Waals surface area contributed by atoms with Crippen LogP contribution >= 0.6 is 11.6 Å². The Kier molecular flexibility index (Phi) is 9.08. The van der Waals surface area contributed by atoms with Gasteiger partial charge in [-0.05, 0) is 48.9 Å². The Hall–Kier alpha value is -4.05. The van der Waals surface area contributed by atoms with Crippen LogP contribution in [0.15, 0.2) is 79.0 Å². The minimum atomic E-state index is -0.423. The van der Waals surface area contributed by atoms with Gasteiger partial charge in [-0.15, -0.1) is 0 Å². The number of benzene rings is 3. The lowest BCUT2D eigenvalue weighted by atomic mass is 10.2. The third kappa shape index (κ3) is 7.18. The van der Waals surface area contributed by atoms with Gasteiger partial charge in [0.05, 0.1) is 24.6 Å². The minimum Gasteiger partial charge on any atom is -0.379 e. The van der Waals surface area contributed by atoms with Crippen molar-refractivity contribution in [1.29, 1.82) is 0 Å². The molecule has 0 spiro atoms. The molecule has 10 heteroatoms. The second-order valence-electron chi connectivity index (χ2n) is 9.86. The number of nitrogens with zero attached hydrogens (tertiary/aromatic N) is 4. The summed E-state index contributed by atoms with van der Waals surface area (Å²) in [5.74, 6) is -0.839. The monoisotopic (exact) mass is 575 g/mol. The van der Waals surface area contributed by atoms with Gasteiger partial charge in [0.25, 0.3) is 5.91 Å². The average molecular weight is 576 g/mol. The molecule has 212 valence electrons. The standard InChI is InChI=1S/C31H31ClFN5O3/c1-22-7-12-26(19-27(22)33)38-20-28(23-5-3-2-4-6-23)34-31(38)35-29(39)21-37(14-13-36-15-17-41-18-16-36)30(40)24-8-10-25(32)11-9-24/h2-12,19-20H,13-18,21H2,1H3,(H,34,35,39). The van der Waals surface area contributed by atoms with Crippen molar-refractivity contribution in [3.05, 3.63) is 101 Å². The lowest BCUT2D eigenvalue weighted by Crippen LogP contribution is -2.45. The van der Waals surface area contributed by atoms with Crippen LogP contribution in [0.3, 0.4) is 0 Å². The van der Waals surface area contributed by atoms with E-state index in [0.717, 1.165) is 18.7 Å². The second kappa shape index (κ2) is 13.1. The molecule has 3 aromatic carbocycles. The van der Waals surface area contributed by atoms with Crippen LogP contribution in [0, 0.1) is 12.7 Å². The molecule has 0 unspecified atom stereocenters. The molecule has 41 heavy (non-hydrogen) atoms. The van der Waals surface area contributed by atoms with Crippen LogP contribution in [-0.2, 0) is 9.53 Å². The van der Waals surface area contributed by atoms with Crippen LogP contribution in [0.4, 0.5) is 10.3 Å². The number of amides is 2. The highest BCUT2D eigenvalue weighted by molar-refractivity contribution is 6.30. The summed E-state index contributed by atoms with van der Waals surface area (Å²) < 4.78 is 21.6. The SMILES string of the molecule is Cc1ccc(-n2cc(-c3ccccc3)nc2NC(=O)CN(CCN2CCOCC2)C(=O)c2ccc(Cl)cc2)cc1F. The molecule has 2 amide bonds. The largest absolute Gasteiger partial charge is 0.379 e. The first-order chi connectivity index (χ1) is 19.9. The number of carbonyl (C=O) groups is 2. The first-order valence-corrected chi connectivity index (χ1v) is 13.8. The van der Waals surface area contributed by atoms with Crippen molar-refractivity contribution >= 4 is 29.4 Å². The topological polar surface area (TPSA) is 79.7 Å². The van der Waals surface area contributed by atoms with E-state index in [1.165, 1.54) is 11.0 Å². The van der Waals surface area contributed by atoms with Crippen molar-refractivity contribution in [2.75, 3.05) is 51.3 Å². The van der Waals surface area contributed by atoms with Crippen LogP contribution < -0.4 is 5.32 Å². The molecule has 5 rings (SSSR count). The molecule has 1 aromatic heterocycles. The molecule has 0 saturated carbocycles. The number of carbonyl (C=O) groups excluding carboxylic acids is 2. The summed E-state index contributed by atoms with van der Waals surface area (Å²) in [6, 6.07) is 21.0. The van der Waals surface area contributed by atoms with Gasteiger partial charge in [0.1, 0.15) is 12.4 Å². The van der Waals surface area contributed by atoms with E-state index >= 15 is 0 Å². The van der Waals surface area contributed by atoms with Gasteiger partial charge in [-0.1, -0.05) is 48.0 Å². The third-order valence-corrected chi connectivity index (χ3v) is 7.21. The maximum absolute atomic E-state index is 14.5. The van der Waals surface area contributed by atoms with Crippen molar-refractivity contribution in [1.82, 2.24) is 19.4 Å². The van der Waals surface area contributed by atoms with E-state index in [-0.39, 0.29) is 24.2 Å². The summed E-state index contributed by atoms with van der Waals surface area (Å²) in [6.07, 6.45) is 1.75. The van der Waals surface area contributed by atoms with Crippen LogP contribution in [0.2, 0.25) is 5.02 Å². The Balaban J connectivity index is 1.39. The van der Waals surface area contributed by atoms with Crippen molar-refractivity contribution in [3.8, 4) is 16.9 Å². The molecule has 1 fully saturated rings. The van der Waals surface area contributed by atoms with Crippen molar-refractivity contribution in [3.63, 3.8) is 0 Å². The molecule has 1 aliphatic rings. The van der Waals surface area contributed by atoms with Gasteiger partial charge in [-0.25, -0.2) is 9.37 Å². The number of rotatable bonds is 9. The summed E-state index contributed by atoms with van der Waals surface area (Å²) >= 11 is 6.02. The van der Waals surface area contributed by atoms with Crippen molar-refractivity contribution in [2.45, 2.75) is 6.92 Å². The lowest BCUT2D eigenvalue weighted by molar-refractivity contribution is -0.117. The number of imidazole rings is 1. The van der Waals surface area contributed by atoms with Gasteiger partial charge in [-0.2, -0.15) is 0 Å². The van der Waals surface area contributed by atoms with Gasteiger partial charge in [-0.3, -0.25) is 24.4 Å². The predicted molar refractivity (Wildman–Crippen MR) is 157 cm³/mol. The summed E-state index contributed by atoms with van der Waals surface area (Å²) in [6.45, 7) is 5.25. The average Bonchev–Trinajstić information content (AvgIpc) is 3.41. The Morgan fingerprint density at radius 3 is 2.49 bits per heavy atom. The smallest absolute Gasteiger partial charge is 0.254 e. The fourth-order valence-corrected chi connectivity index (χ4v) is 4.72. The van der Waals surface area contributed by atoms with Gasteiger partial charge in [0, 0.05) is 48.5 Å². The molecule has 2 heterocycles. The fourth-order valence-electron chi connectivity index (χ4n) is 4.60. The van der Waals surface area contributed by atoms with Crippen molar-refractivity contribution in [2.24, 2.45) is 0 Å². The van der Waals surface area contributed by atoms with Gasteiger partial charge in [0.15, 0.2) is 0 Å². The highest BCUT2D eigenvalue weighted by Gasteiger charge is 2.22. The molecule has 1 N–H and O–H groups in total. The van der Waals surface area contributed by atoms with Crippen LogP contribution in [0.25, 0.3) is 16.9 Å². The van der Waals surface area contributed by atoms with Crippen LogP contribution in [0.1, 0.15) is 15.9 Å². The quantitative estimate of drug-likeness (QED) is 0.302. The Morgan fingerprint density at radius 1 is 1.05 bits per heavy atom. The molecule has 0 bridgehead atoms. The third-order valence-electron chi connectivity index (χ3n) is 6.96. The van der Waals surface area contributed by atoms with Gasteiger partial charge in [0.2, 0.25) is 11.9 Å².